The van der Waals surface area contributed by atoms with Gasteiger partial charge in [-0.15, -0.1) is 0 Å². The Kier molecular flexibility index (Phi) is 23.5. The first-order valence-corrected chi connectivity index (χ1v) is 5.63. The van der Waals surface area contributed by atoms with Gasteiger partial charge in [-0.2, -0.15) is 0 Å². The molecule has 0 aromatic rings. The molecule has 3 unspecified atom stereocenters. The molecule has 6 heteroatoms. The van der Waals surface area contributed by atoms with Crippen molar-refractivity contribution in [3.63, 3.8) is 0 Å². The van der Waals surface area contributed by atoms with Gasteiger partial charge in [0, 0.05) is 34.2 Å². The van der Waals surface area contributed by atoms with Gasteiger partial charge in [-0.05, 0) is 0 Å². The van der Waals surface area contributed by atoms with Gasteiger partial charge in [-0.1, -0.05) is 13.8 Å². The molecule has 3 atom stereocenters. The fraction of sp³-hybridized carbons (Fsp3) is 1.00. The zero-order chi connectivity index (χ0) is 14.3. The van der Waals surface area contributed by atoms with Gasteiger partial charge in [0.2, 0.25) is 0 Å². The Morgan fingerprint density at radius 2 is 1.59 bits per heavy atom. The maximum atomic E-state index is 9.24. The first-order chi connectivity index (χ1) is 8.26. The number of hydrogen-bond donors (Lipinski definition) is 4. The molecule has 0 amide bonds. The zero-order valence-corrected chi connectivity index (χ0v) is 11.5. The summed E-state index contributed by atoms with van der Waals surface area (Å²) >= 11 is 0. The SMILES string of the molecule is CC.CO.CO.COC1CC(O)CC(CO)O1. The highest BCUT2D eigenvalue weighted by atomic mass is 16.7. The standard InChI is InChI=1S/C7H14O4.C2H6.2CH4O/c1-10-7-3-5(9)2-6(4-8)11-7;3*1-2/h5-9H,2-4H2,1H3;1-2H3;2*2H,1H3. The Balaban J connectivity index is -0.000000285. The normalized spacial score (nSPS) is 26.3. The van der Waals surface area contributed by atoms with Crippen molar-refractivity contribution >= 4 is 0 Å². The van der Waals surface area contributed by atoms with Crippen LogP contribution in [0.15, 0.2) is 0 Å². The van der Waals surface area contributed by atoms with Gasteiger partial charge in [-0.3, -0.25) is 0 Å². The van der Waals surface area contributed by atoms with Crippen LogP contribution in [-0.2, 0) is 9.47 Å². The van der Waals surface area contributed by atoms with E-state index in [1.54, 1.807) is 0 Å². The minimum absolute atomic E-state index is 0.0586. The van der Waals surface area contributed by atoms with Crippen LogP contribution >= 0.6 is 0 Å². The van der Waals surface area contributed by atoms with Crippen molar-refractivity contribution in [3.05, 3.63) is 0 Å². The third-order valence-electron chi connectivity index (χ3n) is 1.81. The zero-order valence-electron chi connectivity index (χ0n) is 11.5. The molecular weight excluding hydrogens is 228 g/mol. The molecule has 1 aliphatic heterocycles. The Hall–Kier alpha value is -0.240. The first kappa shape index (κ1) is 22.0. The molecule has 1 aliphatic rings. The minimum Gasteiger partial charge on any atom is -0.400 e. The van der Waals surface area contributed by atoms with E-state index in [0.717, 1.165) is 14.2 Å². The van der Waals surface area contributed by atoms with Gasteiger partial charge in [-0.25, -0.2) is 0 Å². The van der Waals surface area contributed by atoms with E-state index in [-0.39, 0.29) is 19.0 Å². The summed E-state index contributed by atoms with van der Waals surface area (Å²) in [6.07, 6.45) is -0.0611. The molecule has 108 valence electrons. The molecule has 4 N–H and O–H groups in total. The van der Waals surface area contributed by atoms with Gasteiger partial charge >= 0.3 is 0 Å². The van der Waals surface area contributed by atoms with Crippen molar-refractivity contribution in [2.75, 3.05) is 27.9 Å². The van der Waals surface area contributed by atoms with Crippen molar-refractivity contribution in [3.8, 4) is 0 Å². The molecule has 0 aliphatic carbocycles. The molecule has 0 radical (unpaired) electrons. The largest absolute Gasteiger partial charge is 0.400 e. The Morgan fingerprint density at radius 1 is 1.12 bits per heavy atom. The second-order valence-corrected chi connectivity index (χ2v) is 2.73. The van der Waals surface area contributed by atoms with E-state index in [1.165, 1.54) is 7.11 Å². The summed E-state index contributed by atoms with van der Waals surface area (Å²) in [5.41, 5.74) is 0. The van der Waals surface area contributed by atoms with E-state index in [0.29, 0.717) is 12.8 Å². The number of rotatable bonds is 2. The summed E-state index contributed by atoms with van der Waals surface area (Å²) in [6, 6.07) is 0. The summed E-state index contributed by atoms with van der Waals surface area (Å²) in [5.74, 6) is 0. The quantitative estimate of drug-likeness (QED) is 0.543. The topological polar surface area (TPSA) is 99.4 Å². The summed E-state index contributed by atoms with van der Waals surface area (Å²) in [6.45, 7) is 3.94. The lowest BCUT2D eigenvalue weighted by atomic mass is 10.1. The third-order valence-corrected chi connectivity index (χ3v) is 1.81. The number of ether oxygens (including phenoxy) is 2. The molecule has 6 nitrogen and oxygen atoms in total. The van der Waals surface area contributed by atoms with Crippen LogP contribution < -0.4 is 0 Å². The van der Waals surface area contributed by atoms with Crippen LogP contribution in [0.2, 0.25) is 0 Å². The van der Waals surface area contributed by atoms with Crippen LogP contribution in [0.5, 0.6) is 0 Å². The highest BCUT2D eigenvalue weighted by molar-refractivity contribution is 4.72. The maximum Gasteiger partial charge on any atom is 0.160 e. The van der Waals surface area contributed by atoms with E-state index in [4.69, 9.17) is 24.8 Å². The van der Waals surface area contributed by atoms with Crippen LogP contribution in [0.3, 0.4) is 0 Å². The molecule has 0 spiro atoms. The molecule has 1 rings (SSSR count). The second kappa shape index (κ2) is 18.1. The van der Waals surface area contributed by atoms with Crippen molar-refractivity contribution in [2.24, 2.45) is 0 Å². The van der Waals surface area contributed by atoms with Gasteiger partial charge in [0.1, 0.15) is 0 Å². The van der Waals surface area contributed by atoms with Crippen molar-refractivity contribution < 1.29 is 29.9 Å². The molecule has 0 aromatic heterocycles. The van der Waals surface area contributed by atoms with E-state index < -0.39 is 6.10 Å². The third kappa shape index (κ3) is 12.0. The highest BCUT2D eigenvalue weighted by Gasteiger charge is 2.27. The monoisotopic (exact) mass is 256 g/mol. The lowest BCUT2D eigenvalue weighted by molar-refractivity contribution is -0.210. The van der Waals surface area contributed by atoms with E-state index in [2.05, 4.69) is 0 Å². The molecule has 0 aromatic carbocycles. The lowest BCUT2D eigenvalue weighted by Gasteiger charge is -2.30. The molecule has 17 heavy (non-hydrogen) atoms. The van der Waals surface area contributed by atoms with Crippen LogP contribution in [-0.4, -0.2) is 66.9 Å². The van der Waals surface area contributed by atoms with E-state index in [9.17, 15) is 5.11 Å². The average molecular weight is 256 g/mol. The van der Waals surface area contributed by atoms with Gasteiger partial charge in [0.25, 0.3) is 0 Å². The summed E-state index contributed by atoms with van der Waals surface area (Å²) in [4.78, 5) is 0. The van der Waals surface area contributed by atoms with Crippen LogP contribution in [0.4, 0.5) is 0 Å². The molecule has 0 saturated carbocycles. The predicted octanol–water partition coefficient (Wildman–Crippen LogP) is -0.266. The first-order valence-electron chi connectivity index (χ1n) is 5.63. The fourth-order valence-corrected chi connectivity index (χ4v) is 1.22. The van der Waals surface area contributed by atoms with E-state index >= 15 is 0 Å². The smallest absolute Gasteiger partial charge is 0.160 e. The van der Waals surface area contributed by atoms with Crippen LogP contribution in [0.1, 0.15) is 26.7 Å². The van der Waals surface area contributed by atoms with Gasteiger partial charge in [0.05, 0.1) is 18.8 Å². The van der Waals surface area contributed by atoms with Crippen molar-refractivity contribution in [1.29, 1.82) is 0 Å². The summed E-state index contributed by atoms with van der Waals surface area (Å²) < 4.78 is 10.1. The Bertz CT molecular complexity index is 111. The summed E-state index contributed by atoms with van der Waals surface area (Å²) in [7, 11) is 3.52. The summed E-state index contributed by atoms with van der Waals surface area (Å²) in [5, 5.41) is 32.0. The minimum atomic E-state index is -0.411. The molecule has 1 fully saturated rings. The van der Waals surface area contributed by atoms with Crippen molar-refractivity contribution in [1.82, 2.24) is 0 Å². The van der Waals surface area contributed by atoms with Gasteiger partial charge in [0.15, 0.2) is 6.29 Å². The fourth-order valence-electron chi connectivity index (χ4n) is 1.22. The highest BCUT2D eigenvalue weighted by Crippen LogP contribution is 2.19. The Morgan fingerprint density at radius 3 is 1.94 bits per heavy atom. The molecule has 0 bridgehead atoms. The van der Waals surface area contributed by atoms with Crippen molar-refractivity contribution in [2.45, 2.75) is 45.2 Å². The average Bonchev–Trinajstić information content (AvgIpc) is 2.44. The molecule has 1 saturated heterocycles. The maximum absolute atomic E-state index is 9.24. The molecule has 1 heterocycles. The number of hydrogen-bond acceptors (Lipinski definition) is 6. The number of methoxy groups -OCH3 is 1. The van der Waals surface area contributed by atoms with Crippen LogP contribution in [0.25, 0.3) is 0 Å². The van der Waals surface area contributed by atoms with Gasteiger partial charge < -0.3 is 29.9 Å². The number of aliphatic hydroxyl groups excluding tert-OH is 4. The van der Waals surface area contributed by atoms with Crippen LogP contribution in [0, 0.1) is 0 Å². The number of aliphatic hydroxyl groups is 4. The Labute approximate surface area is 104 Å². The predicted molar refractivity (Wildman–Crippen MR) is 65.6 cm³/mol. The van der Waals surface area contributed by atoms with E-state index in [1.807, 2.05) is 13.8 Å². The lowest BCUT2D eigenvalue weighted by Crippen LogP contribution is -2.38. The second-order valence-electron chi connectivity index (χ2n) is 2.73. The molecular formula is C11H28O6.